The second-order valence-electron chi connectivity index (χ2n) is 5.14. The van der Waals surface area contributed by atoms with Crippen LogP contribution in [0.1, 0.15) is 25.7 Å². The third kappa shape index (κ3) is 3.44. The minimum Gasteiger partial charge on any atom is -0.399 e. The molecule has 1 aliphatic rings. The van der Waals surface area contributed by atoms with E-state index >= 15 is 0 Å². The second kappa shape index (κ2) is 6.30. The molecule has 1 aromatic rings. The summed E-state index contributed by atoms with van der Waals surface area (Å²) in [6.45, 7) is -0.0113. The fraction of sp³-hybridized carbons (Fsp3) is 0.538. The molecule has 4 N–H and O–H groups in total. The van der Waals surface area contributed by atoms with Crippen molar-refractivity contribution in [3.8, 4) is 0 Å². The molecule has 1 aromatic carbocycles. The Morgan fingerprint density at radius 2 is 2.05 bits per heavy atom. The summed E-state index contributed by atoms with van der Waals surface area (Å²) >= 11 is 5.95. The highest BCUT2D eigenvalue weighted by Gasteiger charge is 2.29. The summed E-state index contributed by atoms with van der Waals surface area (Å²) in [4.78, 5) is 0.0237. The molecule has 20 heavy (non-hydrogen) atoms. The van der Waals surface area contributed by atoms with Crippen LogP contribution in [0.4, 0.5) is 5.69 Å². The molecule has 0 saturated heterocycles. The number of hydrogen-bond acceptors (Lipinski definition) is 4. The molecule has 0 heterocycles. The summed E-state index contributed by atoms with van der Waals surface area (Å²) < 4.78 is 27.4. The molecule has 7 heteroatoms. The fourth-order valence-corrected chi connectivity index (χ4v) is 4.47. The van der Waals surface area contributed by atoms with Crippen LogP contribution in [-0.2, 0) is 10.0 Å². The number of aliphatic hydroxyl groups is 1. The lowest BCUT2D eigenvalue weighted by Gasteiger charge is -2.30. The van der Waals surface area contributed by atoms with Gasteiger partial charge in [-0.3, -0.25) is 0 Å². The standard InChI is InChI=1S/C13H19ClN2O3S/c14-11-7-10(15)5-6-13(11)20(18,19)16-12-4-2-1-3-9(12)8-17/h5-7,9,12,16-17H,1-4,8,15H2. The van der Waals surface area contributed by atoms with Crippen molar-refractivity contribution in [2.24, 2.45) is 5.92 Å². The molecule has 2 unspecified atom stereocenters. The maximum atomic E-state index is 12.4. The van der Waals surface area contributed by atoms with E-state index in [1.165, 1.54) is 18.2 Å². The monoisotopic (exact) mass is 318 g/mol. The Hall–Kier alpha value is -0.820. The number of nitrogens with two attached hydrogens (primary N) is 1. The molecule has 0 amide bonds. The summed E-state index contributed by atoms with van der Waals surface area (Å²) in [5.74, 6) is -0.0360. The van der Waals surface area contributed by atoms with Crippen molar-refractivity contribution >= 4 is 27.3 Å². The Morgan fingerprint density at radius 1 is 1.35 bits per heavy atom. The molecule has 1 aliphatic carbocycles. The van der Waals surface area contributed by atoms with E-state index in [2.05, 4.69) is 4.72 Å². The zero-order valence-corrected chi connectivity index (χ0v) is 12.6. The van der Waals surface area contributed by atoms with Crippen LogP contribution >= 0.6 is 11.6 Å². The van der Waals surface area contributed by atoms with Gasteiger partial charge in [-0.2, -0.15) is 0 Å². The van der Waals surface area contributed by atoms with Gasteiger partial charge in [0.1, 0.15) is 4.90 Å². The Morgan fingerprint density at radius 3 is 2.70 bits per heavy atom. The molecular formula is C13H19ClN2O3S. The largest absolute Gasteiger partial charge is 0.399 e. The number of nitrogens with one attached hydrogen (secondary N) is 1. The van der Waals surface area contributed by atoms with E-state index < -0.39 is 10.0 Å². The van der Waals surface area contributed by atoms with Crippen LogP contribution in [-0.4, -0.2) is 26.2 Å². The number of halogens is 1. The Balaban J connectivity index is 2.22. The first-order chi connectivity index (χ1) is 9.44. The van der Waals surface area contributed by atoms with Crippen LogP contribution in [0.25, 0.3) is 0 Å². The van der Waals surface area contributed by atoms with Crippen molar-refractivity contribution in [1.82, 2.24) is 4.72 Å². The molecule has 2 rings (SSSR count). The Kier molecular flexibility index (Phi) is 4.90. The Bertz CT molecular complexity index is 577. The molecule has 1 saturated carbocycles. The van der Waals surface area contributed by atoms with E-state index in [0.29, 0.717) is 5.69 Å². The zero-order valence-electron chi connectivity index (χ0n) is 11.0. The van der Waals surface area contributed by atoms with Gasteiger partial charge in [-0.05, 0) is 37.0 Å². The van der Waals surface area contributed by atoms with E-state index in [0.717, 1.165) is 25.7 Å². The minimum absolute atomic E-state index is 0.0113. The molecule has 0 aliphatic heterocycles. The van der Waals surface area contributed by atoms with Gasteiger partial charge in [0.05, 0.1) is 5.02 Å². The molecule has 112 valence electrons. The van der Waals surface area contributed by atoms with Gasteiger partial charge in [-0.15, -0.1) is 0 Å². The van der Waals surface area contributed by atoms with Crippen LogP contribution in [0, 0.1) is 5.92 Å². The number of sulfonamides is 1. The summed E-state index contributed by atoms with van der Waals surface area (Å²) in [6, 6.07) is 4.08. The lowest BCUT2D eigenvalue weighted by molar-refractivity contribution is 0.164. The van der Waals surface area contributed by atoms with Crippen molar-refractivity contribution in [3.63, 3.8) is 0 Å². The van der Waals surface area contributed by atoms with Crippen LogP contribution in [0.3, 0.4) is 0 Å². The summed E-state index contributed by atoms with van der Waals surface area (Å²) in [6.07, 6.45) is 3.54. The average Bonchev–Trinajstić information content (AvgIpc) is 2.38. The SMILES string of the molecule is Nc1ccc(S(=O)(=O)NC2CCCCC2CO)c(Cl)c1. The van der Waals surface area contributed by atoms with Gasteiger partial charge in [0, 0.05) is 18.3 Å². The van der Waals surface area contributed by atoms with E-state index in [1.54, 1.807) is 0 Å². The molecule has 0 bridgehead atoms. The summed E-state index contributed by atoms with van der Waals surface area (Å²) in [5.41, 5.74) is 5.98. The van der Waals surface area contributed by atoms with Crippen molar-refractivity contribution in [3.05, 3.63) is 23.2 Å². The van der Waals surface area contributed by atoms with E-state index in [4.69, 9.17) is 17.3 Å². The highest BCUT2D eigenvalue weighted by Crippen LogP contribution is 2.28. The van der Waals surface area contributed by atoms with Gasteiger partial charge in [0.25, 0.3) is 0 Å². The fourth-order valence-electron chi connectivity index (χ4n) is 2.58. The highest BCUT2D eigenvalue weighted by atomic mass is 35.5. The average molecular weight is 319 g/mol. The molecule has 1 fully saturated rings. The summed E-state index contributed by atoms with van der Waals surface area (Å²) in [7, 11) is -3.70. The topological polar surface area (TPSA) is 92.4 Å². The highest BCUT2D eigenvalue weighted by molar-refractivity contribution is 7.89. The normalized spacial score (nSPS) is 23.7. The van der Waals surface area contributed by atoms with Gasteiger partial charge >= 0.3 is 0 Å². The van der Waals surface area contributed by atoms with Gasteiger partial charge in [-0.1, -0.05) is 24.4 Å². The van der Waals surface area contributed by atoms with Crippen molar-refractivity contribution < 1.29 is 13.5 Å². The number of aliphatic hydroxyl groups excluding tert-OH is 1. The number of nitrogen functional groups attached to an aromatic ring is 1. The first-order valence-electron chi connectivity index (χ1n) is 6.62. The van der Waals surface area contributed by atoms with E-state index in [1.807, 2.05) is 0 Å². The first-order valence-corrected chi connectivity index (χ1v) is 8.48. The number of benzene rings is 1. The Labute approximate surface area is 124 Å². The van der Waals surface area contributed by atoms with Gasteiger partial charge in [-0.25, -0.2) is 13.1 Å². The number of anilines is 1. The van der Waals surface area contributed by atoms with Crippen LogP contribution < -0.4 is 10.5 Å². The first kappa shape index (κ1) is 15.6. The quantitative estimate of drug-likeness (QED) is 0.737. The molecule has 2 atom stereocenters. The van der Waals surface area contributed by atoms with Crippen molar-refractivity contribution in [2.45, 2.75) is 36.6 Å². The van der Waals surface area contributed by atoms with Gasteiger partial charge in [0.15, 0.2) is 0 Å². The predicted octanol–water partition coefficient (Wildman–Crippen LogP) is 1.75. The third-order valence-electron chi connectivity index (χ3n) is 3.70. The molecule has 0 aromatic heterocycles. The predicted molar refractivity (Wildman–Crippen MR) is 79.0 cm³/mol. The van der Waals surface area contributed by atoms with Gasteiger partial charge in [0.2, 0.25) is 10.0 Å². The molecule has 0 spiro atoms. The zero-order chi connectivity index (χ0) is 14.8. The maximum Gasteiger partial charge on any atom is 0.242 e. The molecule has 5 nitrogen and oxygen atoms in total. The summed E-state index contributed by atoms with van der Waals surface area (Å²) in [5, 5.41) is 9.45. The third-order valence-corrected chi connectivity index (χ3v) is 5.67. The number of hydrogen-bond donors (Lipinski definition) is 3. The van der Waals surface area contributed by atoms with Crippen LogP contribution in [0.15, 0.2) is 23.1 Å². The lowest BCUT2D eigenvalue weighted by atomic mass is 9.86. The van der Waals surface area contributed by atoms with Crippen molar-refractivity contribution in [2.75, 3.05) is 12.3 Å². The molecular weight excluding hydrogens is 300 g/mol. The van der Waals surface area contributed by atoms with Crippen molar-refractivity contribution in [1.29, 1.82) is 0 Å². The molecule has 0 radical (unpaired) electrons. The lowest BCUT2D eigenvalue weighted by Crippen LogP contribution is -2.43. The van der Waals surface area contributed by atoms with Gasteiger partial charge < -0.3 is 10.8 Å². The minimum atomic E-state index is -3.70. The van der Waals surface area contributed by atoms with Crippen LogP contribution in [0.5, 0.6) is 0 Å². The van der Waals surface area contributed by atoms with E-state index in [9.17, 15) is 13.5 Å². The number of rotatable bonds is 4. The van der Waals surface area contributed by atoms with E-state index in [-0.39, 0.29) is 28.5 Å². The van der Waals surface area contributed by atoms with Crippen LogP contribution in [0.2, 0.25) is 5.02 Å². The second-order valence-corrected chi connectivity index (χ2v) is 7.23. The maximum absolute atomic E-state index is 12.4. The smallest absolute Gasteiger partial charge is 0.242 e.